The Morgan fingerprint density at radius 2 is 1.21 bits per heavy atom. The molecule has 1 nitrogen and oxygen atoms in total. The lowest BCUT2D eigenvalue weighted by atomic mass is 10.1. The summed E-state index contributed by atoms with van der Waals surface area (Å²) in [5.74, 6) is 0. The van der Waals surface area contributed by atoms with E-state index in [1.807, 2.05) is 32.0 Å². The van der Waals surface area contributed by atoms with Gasteiger partial charge in [-0.1, -0.05) is 35.9 Å². The summed E-state index contributed by atoms with van der Waals surface area (Å²) in [6.45, 7) is 10.3. The van der Waals surface area contributed by atoms with Gasteiger partial charge in [-0.05, 0) is 62.9 Å². The summed E-state index contributed by atoms with van der Waals surface area (Å²) in [6.07, 6.45) is 0. The van der Waals surface area contributed by atoms with Gasteiger partial charge in [0.05, 0.1) is 11.6 Å². The number of benzene rings is 2. The number of hydrogen-bond acceptors (Lipinski definition) is 1. The zero-order valence-electron chi connectivity index (χ0n) is 12.4. The molecule has 2 aromatic rings. The van der Waals surface area contributed by atoms with E-state index in [4.69, 9.17) is 5.26 Å². The smallest absolute Gasteiger partial charge is 0.0994 e. The Balaban J connectivity index is 0.000000191. The van der Waals surface area contributed by atoms with Gasteiger partial charge in [0.25, 0.3) is 0 Å². The number of nitrogens with zero attached hydrogens (tertiary/aromatic N) is 1. The Hall–Kier alpha value is -2.07. The molecule has 98 valence electrons. The maximum Gasteiger partial charge on any atom is 0.0994 e. The maximum atomic E-state index is 8.59. The third kappa shape index (κ3) is 4.60. The van der Waals surface area contributed by atoms with E-state index in [1.165, 1.54) is 16.7 Å². The summed E-state index contributed by atoms with van der Waals surface area (Å²) in [6, 6.07) is 14.5. The third-order valence-electron chi connectivity index (χ3n) is 3.18. The minimum Gasteiger partial charge on any atom is -0.192 e. The molecule has 0 aliphatic carbocycles. The van der Waals surface area contributed by atoms with Gasteiger partial charge in [0.15, 0.2) is 0 Å². The maximum absolute atomic E-state index is 8.59. The van der Waals surface area contributed by atoms with E-state index in [0.717, 1.165) is 16.7 Å². The van der Waals surface area contributed by atoms with Gasteiger partial charge in [-0.25, -0.2) is 0 Å². The zero-order chi connectivity index (χ0) is 14.4. The molecule has 0 aliphatic heterocycles. The first-order valence-electron chi connectivity index (χ1n) is 6.45. The minimum absolute atomic E-state index is 0.778. The number of hydrogen-bond donors (Lipinski definition) is 0. The molecule has 19 heavy (non-hydrogen) atoms. The molecule has 2 aromatic carbocycles. The molecule has 0 unspecified atom stereocenters. The predicted molar refractivity (Wildman–Crippen MR) is 81.3 cm³/mol. The lowest BCUT2D eigenvalue weighted by molar-refractivity contribution is 1.30. The molecule has 0 atom stereocenters. The molecule has 0 N–H and O–H groups in total. The SMILES string of the molecule is Cc1ccc(C)c(C#N)c1.Cc1ccc(C)c(C)c1. The van der Waals surface area contributed by atoms with Crippen LogP contribution in [0, 0.1) is 45.9 Å². The molecule has 1 heteroatoms. The summed E-state index contributed by atoms with van der Waals surface area (Å²) in [5, 5.41) is 8.59. The molecule has 0 amide bonds. The second kappa shape index (κ2) is 6.75. The van der Waals surface area contributed by atoms with Crippen molar-refractivity contribution < 1.29 is 0 Å². The quantitative estimate of drug-likeness (QED) is 0.660. The molecule has 0 aliphatic rings. The van der Waals surface area contributed by atoms with Crippen LogP contribution >= 0.6 is 0 Å². The first kappa shape index (κ1) is 15.0. The van der Waals surface area contributed by atoms with E-state index in [1.54, 1.807) is 0 Å². The summed E-state index contributed by atoms with van der Waals surface area (Å²) < 4.78 is 0. The normalized spacial score (nSPS) is 9.26. The third-order valence-corrected chi connectivity index (χ3v) is 3.18. The van der Waals surface area contributed by atoms with Crippen LogP contribution in [0.1, 0.15) is 33.4 Å². The summed E-state index contributed by atoms with van der Waals surface area (Å²) >= 11 is 0. The highest BCUT2D eigenvalue weighted by atomic mass is 14.2. The molecule has 0 heterocycles. The average Bonchev–Trinajstić information content (AvgIpc) is 2.38. The van der Waals surface area contributed by atoms with Crippen molar-refractivity contribution in [2.24, 2.45) is 0 Å². The van der Waals surface area contributed by atoms with Crippen molar-refractivity contribution in [2.75, 3.05) is 0 Å². The minimum atomic E-state index is 0.778. The van der Waals surface area contributed by atoms with E-state index in [9.17, 15) is 0 Å². The van der Waals surface area contributed by atoms with Crippen molar-refractivity contribution in [1.82, 2.24) is 0 Å². The fraction of sp³-hybridized carbons (Fsp3) is 0.278. The van der Waals surface area contributed by atoms with Gasteiger partial charge in [0, 0.05) is 0 Å². The summed E-state index contributed by atoms with van der Waals surface area (Å²) in [5.41, 5.74) is 7.07. The van der Waals surface area contributed by atoms with Gasteiger partial charge in [-0.15, -0.1) is 0 Å². The summed E-state index contributed by atoms with van der Waals surface area (Å²) in [4.78, 5) is 0. The predicted octanol–water partition coefficient (Wildman–Crippen LogP) is 4.79. The molecule has 0 spiro atoms. The fourth-order valence-electron chi connectivity index (χ4n) is 1.75. The van der Waals surface area contributed by atoms with Crippen molar-refractivity contribution in [3.63, 3.8) is 0 Å². The topological polar surface area (TPSA) is 23.8 Å². The molecule has 0 fully saturated rings. The Kier molecular flexibility index (Phi) is 5.33. The van der Waals surface area contributed by atoms with Crippen LogP contribution in [0.2, 0.25) is 0 Å². The molecule has 0 bridgehead atoms. The molecule has 0 aromatic heterocycles. The van der Waals surface area contributed by atoms with Crippen molar-refractivity contribution >= 4 is 0 Å². The van der Waals surface area contributed by atoms with Crippen molar-refractivity contribution in [1.29, 1.82) is 5.26 Å². The summed E-state index contributed by atoms with van der Waals surface area (Å²) in [7, 11) is 0. The average molecular weight is 251 g/mol. The Morgan fingerprint density at radius 3 is 1.63 bits per heavy atom. The van der Waals surface area contributed by atoms with Crippen LogP contribution in [0.4, 0.5) is 0 Å². The fourth-order valence-corrected chi connectivity index (χ4v) is 1.75. The first-order chi connectivity index (χ1) is 8.93. The van der Waals surface area contributed by atoms with Crippen LogP contribution < -0.4 is 0 Å². The number of aryl methyl sites for hydroxylation is 5. The van der Waals surface area contributed by atoms with Crippen molar-refractivity contribution in [3.05, 3.63) is 69.8 Å². The van der Waals surface area contributed by atoms with Crippen LogP contribution in [0.15, 0.2) is 36.4 Å². The first-order valence-corrected chi connectivity index (χ1v) is 6.45. The number of nitriles is 1. The highest BCUT2D eigenvalue weighted by Gasteiger charge is 1.94. The van der Waals surface area contributed by atoms with E-state index < -0.39 is 0 Å². The largest absolute Gasteiger partial charge is 0.192 e. The lowest BCUT2D eigenvalue weighted by Crippen LogP contribution is -1.81. The highest BCUT2D eigenvalue weighted by Crippen LogP contribution is 2.08. The Bertz CT molecular complexity index is 604. The van der Waals surface area contributed by atoms with Crippen LogP contribution in [-0.4, -0.2) is 0 Å². The lowest BCUT2D eigenvalue weighted by Gasteiger charge is -1.98. The molecular weight excluding hydrogens is 230 g/mol. The molecule has 2 rings (SSSR count). The molecule has 0 saturated heterocycles. The number of rotatable bonds is 0. The highest BCUT2D eigenvalue weighted by molar-refractivity contribution is 5.39. The van der Waals surface area contributed by atoms with E-state index >= 15 is 0 Å². The monoisotopic (exact) mass is 251 g/mol. The van der Waals surface area contributed by atoms with Gasteiger partial charge in [0.2, 0.25) is 0 Å². The van der Waals surface area contributed by atoms with Crippen LogP contribution in [0.25, 0.3) is 0 Å². The van der Waals surface area contributed by atoms with Crippen LogP contribution in [0.3, 0.4) is 0 Å². The zero-order valence-corrected chi connectivity index (χ0v) is 12.4. The van der Waals surface area contributed by atoms with Crippen LogP contribution in [0.5, 0.6) is 0 Å². The second-order valence-corrected chi connectivity index (χ2v) is 5.02. The van der Waals surface area contributed by atoms with Gasteiger partial charge < -0.3 is 0 Å². The van der Waals surface area contributed by atoms with Gasteiger partial charge in [-0.3, -0.25) is 0 Å². The standard InChI is InChI=1S/C9H9N.C9H12/c1-7-3-4-8(2)9(5-7)6-10;1-7-4-5-8(2)9(3)6-7/h3-5H,1-2H3;4-6H,1-3H3. The van der Waals surface area contributed by atoms with Gasteiger partial charge in [0.1, 0.15) is 0 Å². The Labute approximate surface area is 116 Å². The van der Waals surface area contributed by atoms with E-state index in [2.05, 4.69) is 45.0 Å². The molecule has 0 saturated carbocycles. The van der Waals surface area contributed by atoms with Gasteiger partial charge >= 0.3 is 0 Å². The Morgan fingerprint density at radius 1 is 0.684 bits per heavy atom. The van der Waals surface area contributed by atoms with Crippen LogP contribution in [-0.2, 0) is 0 Å². The molecular formula is C18H21N. The van der Waals surface area contributed by atoms with Gasteiger partial charge in [-0.2, -0.15) is 5.26 Å². The van der Waals surface area contributed by atoms with Crippen molar-refractivity contribution in [3.8, 4) is 6.07 Å². The second-order valence-electron chi connectivity index (χ2n) is 5.02. The molecule has 0 radical (unpaired) electrons. The van der Waals surface area contributed by atoms with E-state index in [0.29, 0.717) is 0 Å². The van der Waals surface area contributed by atoms with E-state index in [-0.39, 0.29) is 0 Å². The van der Waals surface area contributed by atoms with Crippen molar-refractivity contribution in [2.45, 2.75) is 34.6 Å².